The number of hydrogen-bond acceptors (Lipinski definition) is 4. The third-order valence-corrected chi connectivity index (χ3v) is 8.76. The molecule has 4 saturated carbocycles. The third kappa shape index (κ3) is 1.82. The summed E-state index contributed by atoms with van der Waals surface area (Å²) < 4.78 is 0. The van der Waals surface area contributed by atoms with E-state index in [9.17, 15) is 19.8 Å². The van der Waals surface area contributed by atoms with E-state index >= 15 is 0 Å². The molecule has 0 amide bonds. The molecule has 24 heavy (non-hydrogen) atoms. The van der Waals surface area contributed by atoms with Gasteiger partial charge in [0.25, 0.3) is 0 Å². The number of aliphatic hydroxyl groups excluding tert-OH is 1. The molecular formula is C20H30O4. The monoisotopic (exact) mass is 334 g/mol. The Labute approximate surface area is 144 Å². The van der Waals surface area contributed by atoms with Crippen LogP contribution in [-0.4, -0.2) is 34.0 Å². The van der Waals surface area contributed by atoms with Crippen LogP contribution in [0.1, 0.15) is 65.2 Å². The first-order valence-corrected chi connectivity index (χ1v) is 9.67. The molecule has 0 bridgehead atoms. The molecule has 4 aliphatic rings. The lowest BCUT2D eigenvalue weighted by atomic mass is 9.41. The van der Waals surface area contributed by atoms with Crippen LogP contribution in [-0.2, 0) is 9.59 Å². The van der Waals surface area contributed by atoms with Crippen LogP contribution in [0, 0.1) is 34.5 Å². The quantitative estimate of drug-likeness (QED) is 0.773. The Morgan fingerprint density at radius 2 is 1.88 bits per heavy atom. The van der Waals surface area contributed by atoms with E-state index in [0.29, 0.717) is 36.9 Å². The fourth-order valence-electron chi connectivity index (χ4n) is 7.33. The number of ketones is 2. The van der Waals surface area contributed by atoms with Crippen molar-refractivity contribution in [1.82, 2.24) is 0 Å². The molecule has 0 spiro atoms. The molecule has 4 rings (SSSR count). The molecule has 4 aliphatic carbocycles. The van der Waals surface area contributed by atoms with Crippen molar-refractivity contribution in [2.24, 2.45) is 34.5 Å². The van der Waals surface area contributed by atoms with Crippen molar-refractivity contribution in [2.75, 3.05) is 6.61 Å². The van der Waals surface area contributed by atoms with Crippen LogP contribution >= 0.6 is 0 Å². The summed E-state index contributed by atoms with van der Waals surface area (Å²) in [4.78, 5) is 24.6. The van der Waals surface area contributed by atoms with Gasteiger partial charge in [-0.1, -0.05) is 13.8 Å². The van der Waals surface area contributed by atoms with Crippen LogP contribution < -0.4 is 0 Å². The van der Waals surface area contributed by atoms with Crippen molar-refractivity contribution in [2.45, 2.75) is 70.8 Å². The Bertz CT molecular complexity index is 586. The first-order chi connectivity index (χ1) is 11.3. The Morgan fingerprint density at radius 3 is 2.58 bits per heavy atom. The maximum atomic E-state index is 12.5. The summed E-state index contributed by atoms with van der Waals surface area (Å²) in [6, 6.07) is 0. The van der Waals surface area contributed by atoms with E-state index in [1.807, 2.05) is 6.92 Å². The molecule has 4 fully saturated rings. The molecule has 4 heteroatoms. The molecule has 134 valence electrons. The minimum Gasteiger partial charge on any atom is -0.396 e. The normalized spacial score (nSPS) is 54.2. The third-order valence-electron chi connectivity index (χ3n) is 8.76. The molecule has 0 radical (unpaired) electrons. The zero-order valence-corrected chi connectivity index (χ0v) is 14.9. The zero-order valence-electron chi connectivity index (χ0n) is 14.9. The van der Waals surface area contributed by atoms with Crippen LogP contribution in [0.25, 0.3) is 0 Å². The molecule has 4 nitrogen and oxygen atoms in total. The van der Waals surface area contributed by atoms with Crippen molar-refractivity contribution in [3.05, 3.63) is 0 Å². The molecule has 2 N–H and O–H groups in total. The zero-order chi connectivity index (χ0) is 17.3. The van der Waals surface area contributed by atoms with Crippen molar-refractivity contribution >= 4 is 11.6 Å². The summed E-state index contributed by atoms with van der Waals surface area (Å²) in [5.74, 6) is 1.55. The molecule has 0 aromatic rings. The highest BCUT2D eigenvalue weighted by Crippen LogP contribution is 2.67. The second kappa shape index (κ2) is 5.14. The fourth-order valence-corrected chi connectivity index (χ4v) is 7.33. The number of carbonyl (C=O) groups is 2. The fraction of sp³-hybridized carbons (Fsp3) is 0.900. The van der Waals surface area contributed by atoms with E-state index in [-0.39, 0.29) is 36.1 Å². The van der Waals surface area contributed by atoms with Gasteiger partial charge in [-0.05, 0) is 55.8 Å². The molecule has 7 atom stereocenters. The van der Waals surface area contributed by atoms with Gasteiger partial charge in [-0.3, -0.25) is 9.59 Å². The summed E-state index contributed by atoms with van der Waals surface area (Å²) in [6.45, 7) is 4.15. The second-order valence-electron chi connectivity index (χ2n) is 9.39. The number of carbonyl (C=O) groups excluding carboxylic acids is 2. The van der Waals surface area contributed by atoms with Crippen molar-refractivity contribution in [3.8, 4) is 0 Å². The smallest absolute Gasteiger partial charge is 0.139 e. The number of Topliss-reactive ketones (excluding diaryl/α,β-unsaturated/α-hetero) is 2. The lowest BCUT2D eigenvalue weighted by Gasteiger charge is -2.65. The van der Waals surface area contributed by atoms with E-state index in [2.05, 4.69) is 6.92 Å². The summed E-state index contributed by atoms with van der Waals surface area (Å²) in [6.07, 6.45) is 5.56. The predicted molar refractivity (Wildman–Crippen MR) is 89.2 cm³/mol. The highest BCUT2D eigenvalue weighted by Gasteiger charge is 2.68. The van der Waals surface area contributed by atoms with E-state index < -0.39 is 11.0 Å². The molecule has 0 aromatic carbocycles. The van der Waals surface area contributed by atoms with Crippen molar-refractivity contribution in [1.29, 1.82) is 0 Å². The highest BCUT2D eigenvalue weighted by molar-refractivity contribution is 5.87. The first kappa shape index (κ1) is 16.7. The van der Waals surface area contributed by atoms with Gasteiger partial charge in [0.2, 0.25) is 0 Å². The molecule has 0 aliphatic heterocycles. The Hall–Kier alpha value is -0.740. The van der Waals surface area contributed by atoms with Gasteiger partial charge < -0.3 is 10.2 Å². The van der Waals surface area contributed by atoms with Crippen molar-refractivity contribution in [3.63, 3.8) is 0 Å². The van der Waals surface area contributed by atoms with Gasteiger partial charge in [-0.15, -0.1) is 0 Å². The lowest BCUT2D eigenvalue weighted by Crippen LogP contribution is -2.68. The van der Waals surface area contributed by atoms with E-state index in [0.717, 1.165) is 25.7 Å². The van der Waals surface area contributed by atoms with Gasteiger partial charge in [0.1, 0.15) is 11.6 Å². The average molecular weight is 334 g/mol. The summed E-state index contributed by atoms with van der Waals surface area (Å²) in [5, 5.41) is 21.9. The standard InChI is InChI=1S/C20H30O4/c1-12-9-14-15-3-4-17(23)18(15,2)7-6-16(14)19(11-21)8-5-13(22)10-20(12,19)24/h12,14-16,21,24H,3-11H2,1-2H3/t12?,14-,15-,16+,18-,19-,20?/m0/s1. The minimum absolute atomic E-state index is 0.00629. The van der Waals surface area contributed by atoms with E-state index in [4.69, 9.17) is 0 Å². The molecule has 0 heterocycles. The minimum atomic E-state index is -1.07. The average Bonchev–Trinajstić information content (AvgIpc) is 2.84. The van der Waals surface area contributed by atoms with Crippen LogP contribution in [0.5, 0.6) is 0 Å². The Morgan fingerprint density at radius 1 is 1.12 bits per heavy atom. The molecule has 0 aromatic heterocycles. The van der Waals surface area contributed by atoms with Gasteiger partial charge in [-0.2, -0.15) is 0 Å². The Balaban J connectivity index is 1.77. The second-order valence-corrected chi connectivity index (χ2v) is 9.39. The summed E-state index contributed by atoms with van der Waals surface area (Å²) >= 11 is 0. The summed E-state index contributed by atoms with van der Waals surface area (Å²) in [5.41, 5.74) is -1.83. The van der Waals surface area contributed by atoms with Gasteiger partial charge in [0, 0.05) is 30.1 Å². The maximum absolute atomic E-state index is 12.5. The van der Waals surface area contributed by atoms with Gasteiger partial charge in [0.15, 0.2) is 0 Å². The topological polar surface area (TPSA) is 74.6 Å². The van der Waals surface area contributed by atoms with Gasteiger partial charge >= 0.3 is 0 Å². The van der Waals surface area contributed by atoms with Crippen LogP contribution in [0.2, 0.25) is 0 Å². The molecular weight excluding hydrogens is 304 g/mol. The number of hydrogen-bond donors (Lipinski definition) is 2. The molecule has 0 saturated heterocycles. The largest absolute Gasteiger partial charge is 0.396 e. The molecule has 2 unspecified atom stereocenters. The number of aliphatic hydroxyl groups is 2. The van der Waals surface area contributed by atoms with Gasteiger partial charge in [-0.25, -0.2) is 0 Å². The van der Waals surface area contributed by atoms with Crippen LogP contribution in [0.15, 0.2) is 0 Å². The first-order valence-electron chi connectivity index (χ1n) is 9.67. The van der Waals surface area contributed by atoms with Gasteiger partial charge in [0.05, 0.1) is 12.2 Å². The number of fused-ring (bicyclic) bond motifs is 5. The van der Waals surface area contributed by atoms with E-state index in [1.165, 1.54) is 0 Å². The van der Waals surface area contributed by atoms with Crippen molar-refractivity contribution < 1.29 is 19.8 Å². The van der Waals surface area contributed by atoms with E-state index in [1.54, 1.807) is 0 Å². The lowest BCUT2D eigenvalue weighted by molar-refractivity contribution is -0.243. The summed E-state index contributed by atoms with van der Waals surface area (Å²) in [7, 11) is 0. The Kier molecular flexibility index (Phi) is 3.58. The van der Waals surface area contributed by atoms with Crippen LogP contribution in [0.4, 0.5) is 0 Å². The maximum Gasteiger partial charge on any atom is 0.139 e. The number of rotatable bonds is 1. The highest BCUT2D eigenvalue weighted by atomic mass is 16.3. The predicted octanol–water partition coefficient (Wildman–Crippen LogP) is 2.50. The SMILES string of the molecule is CC1C[C@@H]2[C@@H](CC[C@]3(C)C(=O)CC[C@@H]23)[C@@]2(CO)CCC(=O)CC12O. The van der Waals surface area contributed by atoms with Crippen LogP contribution in [0.3, 0.4) is 0 Å².